The van der Waals surface area contributed by atoms with Crippen molar-refractivity contribution in [1.82, 2.24) is 4.72 Å². The maximum atomic E-state index is 13.4. The van der Waals surface area contributed by atoms with Gasteiger partial charge in [0.2, 0.25) is 0 Å². The lowest BCUT2D eigenvalue weighted by atomic mass is 9.90. The molecule has 2 aliphatic rings. The number of carbonyl (C=O) groups excluding carboxylic acids is 1. The smallest absolute Gasteiger partial charge is 0.336 e. The van der Waals surface area contributed by atoms with Gasteiger partial charge in [0.1, 0.15) is 28.5 Å². The van der Waals surface area contributed by atoms with E-state index in [0.29, 0.717) is 28.7 Å². The molecule has 0 saturated heterocycles. The van der Waals surface area contributed by atoms with Crippen LogP contribution in [0.1, 0.15) is 55.1 Å². The Morgan fingerprint density at radius 3 is 2.57 bits per heavy atom. The molecule has 8 nitrogen and oxygen atoms in total. The van der Waals surface area contributed by atoms with Crippen molar-refractivity contribution in [3.63, 3.8) is 0 Å². The SMILES string of the molecule is CCCc1cc(=O)oc2c3c(c4c(c12)OC(C)(C)C=C4)OC(=CNS(=O)(=O)c1ccc(F)cc1)CC3=O. The van der Waals surface area contributed by atoms with Crippen LogP contribution in [0.2, 0.25) is 0 Å². The molecule has 0 atom stereocenters. The minimum absolute atomic E-state index is 0.0371. The van der Waals surface area contributed by atoms with Gasteiger partial charge in [-0.15, -0.1) is 0 Å². The van der Waals surface area contributed by atoms with Gasteiger partial charge in [-0.25, -0.2) is 17.6 Å². The number of carbonyl (C=O) groups is 1. The van der Waals surface area contributed by atoms with Gasteiger partial charge >= 0.3 is 5.63 Å². The summed E-state index contributed by atoms with van der Waals surface area (Å²) in [7, 11) is -4.04. The highest BCUT2D eigenvalue weighted by molar-refractivity contribution is 7.89. The lowest BCUT2D eigenvalue weighted by Crippen LogP contribution is -2.29. The first kappa shape index (κ1) is 24.8. The number of Topliss-reactive ketones (excluding diaryl/α,β-unsaturated/α-hetero) is 1. The van der Waals surface area contributed by atoms with Gasteiger partial charge in [0, 0.05) is 6.07 Å². The Kier molecular flexibility index (Phi) is 5.94. The Morgan fingerprint density at radius 1 is 1.14 bits per heavy atom. The van der Waals surface area contributed by atoms with Crippen molar-refractivity contribution in [1.29, 1.82) is 0 Å². The summed E-state index contributed by atoms with van der Waals surface area (Å²) in [6.07, 6.45) is 5.75. The number of benzene rings is 2. The highest BCUT2D eigenvalue weighted by atomic mass is 32.2. The fourth-order valence-electron chi connectivity index (χ4n) is 4.43. The fraction of sp³-hybridized carbons (Fsp3) is 0.259. The Bertz CT molecular complexity index is 1670. The van der Waals surface area contributed by atoms with E-state index in [0.717, 1.165) is 36.9 Å². The van der Waals surface area contributed by atoms with E-state index >= 15 is 0 Å². The predicted octanol–water partition coefficient (Wildman–Crippen LogP) is 4.85. The maximum absolute atomic E-state index is 13.4. The second-order valence-corrected chi connectivity index (χ2v) is 11.1. The van der Waals surface area contributed by atoms with Crippen molar-refractivity contribution in [2.75, 3.05) is 0 Å². The largest absolute Gasteiger partial charge is 0.482 e. The van der Waals surface area contributed by atoms with Crippen LogP contribution in [-0.4, -0.2) is 19.8 Å². The Balaban J connectivity index is 1.64. The van der Waals surface area contributed by atoms with Crippen LogP contribution in [0.3, 0.4) is 0 Å². The fourth-order valence-corrected chi connectivity index (χ4v) is 5.34. The van der Waals surface area contributed by atoms with Crippen molar-refractivity contribution in [2.45, 2.75) is 50.5 Å². The highest BCUT2D eigenvalue weighted by Crippen LogP contribution is 2.49. The van der Waals surface area contributed by atoms with Crippen molar-refractivity contribution in [3.05, 3.63) is 81.3 Å². The third kappa shape index (κ3) is 4.53. The number of ether oxygens (including phenoxy) is 2. The van der Waals surface area contributed by atoms with Crippen LogP contribution >= 0.6 is 0 Å². The number of rotatable bonds is 5. The summed E-state index contributed by atoms with van der Waals surface area (Å²) in [4.78, 5) is 25.6. The van der Waals surface area contributed by atoms with E-state index in [1.807, 2.05) is 26.8 Å². The van der Waals surface area contributed by atoms with Gasteiger partial charge in [0.05, 0.1) is 28.5 Å². The molecule has 3 heterocycles. The minimum Gasteiger partial charge on any atom is -0.482 e. The summed E-state index contributed by atoms with van der Waals surface area (Å²) >= 11 is 0. The van der Waals surface area contributed by atoms with Crippen LogP contribution in [0.4, 0.5) is 4.39 Å². The molecule has 37 heavy (non-hydrogen) atoms. The first-order chi connectivity index (χ1) is 17.5. The van der Waals surface area contributed by atoms with Gasteiger partial charge in [0.15, 0.2) is 17.1 Å². The molecule has 0 aliphatic carbocycles. The van der Waals surface area contributed by atoms with E-state index in [9.17, 15) is 22.4 Å². The molecule has 0 unspecified atom stereocenters. The monoisotopic (exact) mass is 525 g/mol. The molecular weight excluding hydrogens is 501 g/mol. The zero-order chi connectivity index (χ0) is 26.5. The van der Waals surface area contributed by atoms with Gasteiger partial charge < -0.3 is 13.9 Å². The Morgan fingerprint density at radius 2 is 1.86 bits per heavy atom. The van der Waals surface area contributed by atoms with Gasteiger partial charge in [0.25, 0.3) is 10.0 Å². The predicted molar refractivity (Wildman–Crippen MR) is 135 cm³/mol. The number of halogens is 1. The molecule has 0 radical (unpaired) electrons. The molecule has 0 bridgehead atoms. The molecule has 0 saturated carbocycles. The van der Waals surface area contributed by atoms with Gasteiger partial charge in [-0.2, -0.15) is 0 Å². The van der Waals surface area contributed by atoms with E-state index in [2.05, 4.69) is 4.72 Å². The molecule has 1 aromatic heterocycles. The van der Waals surface area contributed by atoms with Crippen molar-refractivity contribution in [3.8, 4) is 11.5 Å². The average molecular weight is 526 g/mol. The first-order valence-electron chi connectivity index (χ1n) is 11.7. The molecule has 1 N–H and O–H groups in total. The lowest BCUT2D eigenvalue weighted by Gasteiger charge is -2.32. The molecule has 5 rings (SSSR count). The standard InChI is InChI=1S/C27H24FNO7S/c1-4-5-15-12-21(31)35-26-22(15)25-19(10-11-27(2,3)36-25)24-23(26)20(30)13-17(34-24)14-29-37(32,33)18-8-6-16(28)7-9-18/h6-12,14,29H,4-5,13H2,1-3H3. The van der Waals surface area contributed by atoms with E-state index < -0.39 is 32.9 Å². The quantitative estimate of drug-likeness (QED) is 0.474. The molecule has 0 amide bonds. The third-order valence-electron chi connectivity index (χ3n) is 6.09. The minimum atomic E-state index is -4.04. The number of aryl methyl sites for hydroxylation is 1. The van der Waals surface area contributed by atoms with Gasteiger partial charge in [-0.3, -0.25) is 9.52 Å². The van der Waals surface area contributed by atoms with Crippen molar-refractivity contribution >= 4 is 32.9 Å². The molecule has 10 heteroatoms. The summed E-state index contributed by atoms with van der Waals surface area (Å²) in [6, 6.07) is 5.73. The summed E-state index contributed by atoms with van der Waals surface area (Å²) in [5, 5.41) is 0.550. The number of hydrogen-bond acceptors (Lipinski definition) is 7. The van der Waals surface area contributed by atoms with Crippen LogP contribution in [0, 0.1) is 5.82 Å². The van der Waals surface area contributed by atoms with Crippen molar-refractivity contribution in [2.24, 2.45) is 0 Å². The number of nitrogens with one attached hydrogen (secondary N) is 1. The van der Waals surface area contributed by atoms with Crippen LogP contribution < -0.4 is 19.8 Å². The van der Waals surface area contributed by atoms with Gasteiger partial charge in [-0.05, 0) is 62.2 Å². The summed E-state index contributed by atoms with van der Waals surface area (Å²) in [6.45, 7) is 5.73. The van der Waals surface area contributed by atoms with E-state index in [1.165, 1.54) is 6.07 Å². The zero-order valence-electron chi connectivity index (χ0n) is 20.4. The maximum Gasteiger partial charge on any atom is 0.336 e. The van der Waals surface area contributed by atoms with E-state index in [4.69, 9.17) is 13.9 Å². The van der Waals surface area contributed by atoms with Crippen LogP contribution in [0.15, 0.2) is 62.5 Å². The highest BCUT2D eigenvalue weighted by Gasteiger charge is 2.36. The van der Waals surface area contributed by atoms with Crippen molar-refractivity contribution < 1.29 is 31.5 Å². The first-order valence-corrected chi connectivity index (χ1v) is 13.2. The molecule has 192 valence electrons. The second kappa shape index (κ2) is 8.88. The van der Waals surface area contributed by atoms with Crippen LogP contribution in [0.25, 0.3) is 17.0 Å². The Labute approximate surface area is 212 Å². The summed E-state index contributed by atoms with van der Waals surface area (Å²) in [5.74, 6) is -0.394. The van der Waals surface area contributed by atoms with E-state index in [1.54, 1.807) is 6.08 Å². The zero-order valence-corrected chi connectivity index (χ0v) is 21.2. The topological polar surface area (TPSA) is 112 Å². The summed E-state index contributed by atoms with van der Waals surface area (Å²) < 4.78 is 58.6. The molecule has 0 spiro atoms. The number of allylic oxidation sites excluding steroid dienone is 1. The second-order valence-electron chi connectivity index (χ2n) is 9.42. The van der Waals surface area contributed by atoms with Crippen LogP contribution in [0.5, 0.6) is 11.5 Å². The molecule has 3 aromatic rings. The normalized spacial score (nSPS) is 17.2. The Hall–Kier alpha value is -3.92. The van der Waals surface area contributed by atoms with E-state index in [-0.39, 0.29) is 34.0 Å². The third-order valence-corrected chi connectivity index (χ3v) is 7.42. The van der Waals surface area contributed by atoms with Crippen LogP contribution in [-0.2, 0) is 16.4 Å². The molecule has 0 fully saturated rings. The van der Waals surface area contributed by atoms with Gasteiger partial charge in [-0.1, -0.05) is 13.3 Å². The average Bonchev–Trinajstić information content (AvgIpc) is 2.82. The molecule has 2 aromatic carbocycles. The number of ketones is 1. The summed E-state index contributed by atoms with van der Waals surface area (Å²) in [5.41, 5.74) is 0.135. The molecular formula is C27H24FNO7S. The number of fused-ring (bicyclic) bond motifs is 6. The number of sulfonamides is 1. The lowest BCUT2D eigenvalue weighted by molar-refractivity contribution is 0.0963. The molecule has 2 aliphatic heterocycles. The number of hydrogen-bond donors (Lipinski definition) is 1.